The topological polar surface area (TPSA) is 36.9 Å². The van der Waals surface area contributed by atoms with Gasteiger partial charge in [0.1, 0.15) is 11.6 Å². The van der Waals surface area contributed by atoms with Crippen LogP contribution in [-0.4, -0.2) is 51.3 Å². The molecule has 4 nitrogen and oxygen atoms in total. The van der Waals surface area contributed by atoms with E-state index in [1.165, 1.54) is 18.2 Å². The molecule has 0 spiro atoms. The lowest BCUT2D eigenvalue weighted by Gasteiger charge is -2.24. The second kappa shape index (κ2) is 10.0. The molecule has 0 radical (unpaired) electrons. The average molecular weight is 439 g/mol. The van der Waals surface area contributed by atoms with Gasteiger partial charge in [-0.2, -0.15) is 0 Å². The molecule has 23 heavy (non-hydrogen) atoms. The lowest BCUT2D eigenvalue weighted by atomic mass is 10.1. The third kappa shape index (κ3) is 5.87. The van der Waals surface area contributed by atoms with Crippen LogP contribution in [0.3, 0.4) is 0 Å². The summed E-state index contributed by atoms with van der Waals surface area (Å²) in [6.07, 6.45) is 1.33. The highest BCUT2D eigenvalue weighted by Crippen LogP contribution is 2.14. The molecule has 1 aliphatic rings. The number of guanidine groups is 1. The molecule has 0 bridgehead atoms. The fraction of sp³-hybridized carbons (Fsp3) is 0.562. The molecule has 2 rings (SSSR count). The molecule has 1 fully saturated rings. The molecular formula is C16H24F2IN3O. The summed E-state index contributed by atoms with van der Waals surface area (Å²) in [5.74, 6) is 0.220. The normalized spacial score (nSPS) is 17.7. The molecule has 0 amide bonds. The Morgan fingerprint density at radius 2 is 2.09 bits per heavy atom. The fourth-order valence-corrected chi connectivity index (χ4v) is 2.66. The standard InChI is InChI=1S/C16H23F2N3O.HI/c1-19-16(21(2)10-12-7-9-22-11-12)20-8-6-13-14(17)4-3-5-15(13)18;/h3-5,12H,6-11H2,1-2H3,(H,19,20);1H. The van der Waals surface area contributed by atoms with Crippen molar-refractivity contribution in [2.45, 2.75) is 12.8 Å². The number of ether oxygens (including phenoxy) is 1. The van der Waals surface area contributed by atoms with Gasteiger partial charge in [-0.1, -0.05) is 6.07 Å². The fourth-order valence-electron chi connectivity index (χ4n) is 2.66. The van der Waals surface area contributed by atoms with E-state index in [-0.39, 0.29) is 36.0 Å². The van der Waals surface area contributed by atoms with Crippen molar-refractivity contribution in [2.75, 3.05) is 40.4 Å². The molecule has 0 saturated carbocycles. The zero-order chi connectivity index (χ0) is 15.9. The summed E-state index contributed by atoms with van der Waals surface area (Å²) in [6.45, 7) is 2.88. The van der Waals surface area contributed by atoms with Gasteiger partial charge < -0.3 is 15.0 Å². The molecule has 0 aromatic heterocycles. The van der Waals surface area contributed by atoms with Crippen molar-refractivity contribution in [3.8, 4) is 0 Å². The summed E-state index contributed by atoms with van der Waals surface area (Å²) < 4.78 is 32.5. The zero-order valence-electron chi connectivity index (χ0n) is 13.5. The Morgan fingerprint density at radius 3 is 2.65 bits per heavy atom. The first-order valence-electron chi connectivity index (χ1n) is 7.54. The molecule has 1 atom stereocenters. The summed E-state index contributed by atoms with van der Waals surface area (Å²) in [5, 5.41) is 3.15. The van der Waals surface area contributed by atoms with Gasteiger partial charge in [0.15, 0.2) is 5.96 Å². The van der Waals surface area contributed by atoms with Crippen LogP contribution in [0.25, 0.3) is 0 Å². The van der Waals surface area contributed by atoms with Gasteiger partial charge in [0.2, 0.25) is 0 Å². The van der Waals surface area contributed by atoms with Crippen LogP contribution in [0.2, 0.25) is 0 Å². The van der Waals surface area contributed by atoms with Crippen LogP contribution in [0.15, 0.2) is 23.2 Å². The van der Waals surface area contributed by atoms with Gasteiger partial charge in [0.25, 0.3) is 0 Å². The van der Waals surface area contributed by atoms with Gasteiger partial charge >= 0.3 is 0 Å². The molecule has 0 aliphatic carbocycles. The van der Waals surface area contributed by atoms with E-state index in [1.807, 2.05) is 11.9 Å². The molecule has 1 heterocycles. The number of hydrogen-bond donors (Lipinski definition) is 1. The third-order valence-electron chi connectivity index (χ3n) is 3.85. The van der Waals surface area contributed by atoms with Crippen molar-refractivity contribution in [3.63, 3.8) is 0 Å². The monoisotopic (exact) mass is 439 g/mol. The van der Waals surface area contributed by atoms with E-state index in [4.69, 9.17) is 4.74 Å². The Labute approximate surface area is 153 Å². The first-order valence-corrected chi connectivity index (χ1v) is 7.54. The highest BCUT2D eigenvalue weighted by molar-refractivity contribution is 14.0. The molecular weight excluding hydrogens is 415 g/mol. The van der Waals surface area contributed by atoms with E-state index < -0.39 is 11.6 Å². The molecule has 1 N–H and O–H groups in total. The van der Waals surface area contributed by atoms with E-state index in [9.17, 15) is 8.78 Å². The Hall–Kier alpha value is -0.960. The first-order chi connectivity index (χ1) is 10.6. The number of halogens is 3. The van der Waals surface area contributed by atoms with Gasteiger partial charge in [0.05, 0.1) is 6.61 Å². The van der Waals surface area contributed by atoms with E-state index in [1.54, 1.807) is 7.05 Å². The van der Waals surface area contributed by atoms with Crippen LogP contribution in [0.1, 0.15) is 12.0 Å². The summed E-state index contributed by atoms with van der Waals surface area (Å²) >= 11 is 0. The first kappa shape index (κ1) is 20.1. The predicted octanol–water partition coefficient (Wildman–Crippen LogP) is 2.67. The van der Waals surface area contributed by atoms with Crippen molar-refractivity contribution in [3.05, 3.63) is 35.4 Å². The van der Waals surface area contributed by atoms with E-state index in [0.717, 1.165) is 32.1 Å². The molecule has 1 aromatic rings. The largest absolute Gasteiger partial charge is 0.381 e. The van der Waals surface area contributed by atoms with Gasteiger partial charge in [-0.15, -0.1) is 24.0 Å². The van der Waals surface area contributed by atoms with E-state index in [2.05, 4.69) is 10.3 Å². The third-order valence-corrected chi connectivity index (χ3v) is 3.85. The van der Waals surface area contributed by atoms with Gasteiger partial charge in [-0.25, -0.2) is 8.78 Å². The van der Waals surface area contributed by atoms with Crippen LogP contribution >= 0.6 is 24.0 Å². The van der Waals surface area contributed by atoms with Crippen LogP contribution in [0, 0.1) is 17.6 Å². The maximum absolute atomic E-state index is 13.6. The summed E-state index contributed by atoms with van der Waals surface area (Å²) in [4.78, 5) is 6.23. The van der Waals surface area contributed by atoms with Gasteiger partial charge in [-0.05, 0) is 25.0 Å². The van der Waals surface area contributed by atoms with Crippen LogP contribution in [0.4, 0.5) is 8.78 Å². The summed E-state index contributed by atoms with van der Waals surface area (Å²) in [7, 11) is 3.66. The van der Waals surface area contributed by atoms with Crippen LogP contribution < -0.4 is 5.32 Å². The number of benzene rings is 1. The molecule has 1 aromatic carbocycles. The van der Waals surface area contributed by atoms with E-state index >= 15 is 0 Å². The predicted molar refractivity (Wildman–Crippen MR) is 98.4 cm³/mol. The Kier molecular flexibility index (Phi) is 8.75. The Balaban J connectivity index is 0.00000264. The SMILES string of the molecule is CN=C(NCCc1c(F)cccc1F)N(C)CC1CCOC1.I. The highest BCUT2D eigenvalue weighted by atomic mass is 127. The number of nitrogens with one attached hydrogen (secondary N) is 1. The maximum atomic E-state index is 13.6. The number of rotatable bonds is 5. The second-order valence-electron chi connectivity index (χ2n) is 5.53. The summed E-state index contributed by atoms with van der Waals surface area (Å²) in [5.41, 5.74) is 0.109. The zero-order valence-corrected chi connectivity index (χ0v) is 15.8. The minimum atomic E-state index is -0.506. The molecule has 1 saturated heterocycles. The molecule has 7 heteroatoms. The van der Waals surface area contributed by atoms with Crippen molar-refractivity contribution in [2.24, 2.45) is 10.9 Å². The molecule has 130 valence electrons. The molecule has 1 unspecified atom stereocenters. The Bertz CT molecular complexity index is 502. The van der Waals surface area contributed by atoms with Crippen molar-refractivity contribution >= 4 is 29.9 Å². The average Bonchev–Trinajstić information content (AvgIpc) is 2.99. The maximum Gasteiger partial charge on any atom is 0.193 e. The van der Waals surface area contributed by atoms with Gasteiger partial charge in [0, 0.05) is 45.3 Å². The minimum absolute atomic E-state index is 0. The number of aliphatic imine (C=N–C) groups is 1. The smallest absolute Gasteiger partial charge is 0.193 e. The van der Waals surface area contributed by atoms with Crippen LogP contribution in [0.5, 0.6) is 0 Å². The quantitative estimate of drug-likeness (QED) is 0.436. The summed E-state index contributed by atoms with van der Waals surface area (Å²) in [6, 6.07) is 3.93. The van der Waals surface area contributed by atoms with Crippen molar-refractivity contribution in [1.29, 1.82) is 0 Å². The highest BCUT2D eigenvalue weighted by Gasteiger charge is 2.19. The number of nitrogens with zero attached hydrogens (tertiary/aromatic N) is 2. The molecule has 1 aliphatic heterocycles. The van der Waals surface area contributed by atoms with Crippen molar-refractivity contribution in [1.82, 2.24) is 10.2 Å². The van der Waals surface area contributed by atoms with Crippen molar-refractivity contribution < 1.29 is 13.5 Å². The lowest BCUT2D eigenvalue weighted by Crippen LogP contribution is -2.42. The minimum Gasteiger partial charge on any atom is -0.381 e. The number of hydrogen-bond acceptors (Lipinski definition) is 2. The van der Waals surface area contributed by atoms with E-state index in [0.29, 0.717) is 12.5 Å². The van der Waals surface area contributed by atoms with Crippen LogP contribution in [-0.2, 0) is 11.2 Å². The second-order valence-corrected chi connectivity index (χ2v) is 5.53. The van der Waals surface area contributed by atoms with Gasteiger partial charge in [-0.3, -0.25) is 4.99 Å². The Morgan fingerprint density at radius 1 is 1.39 bits per heavy atom. The lowest BCUT2D eigenvalue weighted by molar-refractivity contribution is 0.181.